The Balaban J connectivity index is 1.87. The first-order valence-electron chi connectivity index (χ1n) is 10.5. The SMILES string of the molecule is COc1ccc(/C=C(\NC(=O)c2ccccc2)C(=O)Nc2ccc(SCC(N)=O)cc2)c(OC)c1. The number of nitrogens with two attached hydrogens (primary N) is 1. The van der Waals surface area contributed by atoms with Crippen molar-refractivity contribution >= 4 is 41.2 Å². The number of hydrogen-bond acceptors (Lipinski definition) is 6. The summed E-state index contributed by atoms with van der Waals surface area (Å²) in [6.45, 7) is 0. The number of primary amides is 1. The summed E-state index contributed by atoms with van der Waals surface area (Å²) in [4.78, 5) is 37.8. The van der Waals surface area contributed by atoms with E-state index < -0.39 is 17.7 Å². The van der Waals surface area contributed by atoms with Crippen LogP contribution in [0.15, 0.2) is 83.4 Å². The molecule has 0 fully saturated rings. The summed E-state index contributed by atoms with van der Waals surface area (Å²) in [7, 11) is 3.05. The summed E-state index contributed by atoms with van der Waals surface area (Å²) in [6, 6.07) is 20.7. The third-order valence-corrected chi connectivity index (χ3v) is 5.80. The van der Waals surface area contributed by atoms with E-state index in [1.54, 1.807) is 79.9 Å². The van der Waals surface area contributed by atoms with E-state index in [1.807, 2.05) is 0 Å². The molecule has 3 amide bonds. The molecule has 0 unspecified atom stereocenters. The Morgan fingerprint density at radius 2 is 1.66 bits per heavy atom. The molecule has 0 aliphatic heterocycles. The maximum absolute atomic E-state index is 13.2. The van der Waals surface area contributed by atoms with Gasteiger partial charge in [0.05, 0.1) is 20.0 Å². The van der Waals surface area contributed by atoms with E-state index >= 15 is 0 Å². The maximum Gasteiger partial charge on any atom is 0.272 e. The van der Waals surface area contributed by atoms with Crippen LogP contribution < -0.4 is 25.8 Å². The standard InChI is InChI=1S/C26H25N3O5S/c1-33-20-11-8-18(23(15-20)34-2)14-22(29-25(31)17-6-4-3-5-7-17)26(32)28-19-9-12-21(13-10-19)35-16-24(27)30/h3-15H,16H2,1-2H3,(H2,27,30)(H,28,32)(H,29,31)/b22-14-. The number of thioether (sulfide) groups is 1. The molecule has 3 rings (SSSR count). The smallest absolute Gasteiger partial charge is 0.272 e. The first-order chi connectivity index (χ1) is 16.9. The lowest BCUT2D eigenvalue weighted by atomic mass is 10.1. The van der Waals surface area contributed by atoms with E-state index in [2.05, 4.69) is 10.6 Å². The van der Waals surface area contributed by atoms with E-state index in [0.29, 0.717) is 28.3 Å². The summed E-state index contributed by atoms with van der Waals surface area (Å²) in [5.41, 5.74) is 6.69. The third-order valence-electron chi connectivity index (χ3n) is 4.76. The van der Waals surface area contributed by atoms with Gasteiger partial charge in [-0.1, -0.05) is 18.2 Å². The van der Waals surface area contributed by atoms with Crippen LogP contribution in [0.3, 0.4) is 0 Å². The van der Waals surface area contributed by atoms with Gasteiger partial charge in [0.1, 0.15) is 17.2 Å². The first kappa shape index (κ1) is 25.4. The number of ether oxygens (including phenoxy) is 2. The molecule has 4 N–H and O–H groups in total. The van der Waals surface area contributed by atoms with E-state index in [9.17, 15) is 14.4 Å². The van der Waals surface area contributed by atoms with E-state index in [0.717, 1.165) is 4.90 Å². The van der Waals surface area contributed by atoms with E-state index in [4.69, 9.17) is 15.2 Å². The summed E-state index contributed by atoms with van der Waals surface area (Å²) in [5.74, 6) is -0.145. The molecule has 0 radical (unpaired) electrons. The average molecular weight is 492 g/mol. The number of rotatable bonds is 10. The second-order valence-electron chi connectivity index (χ2n) is 7.22. The Hall–Kier alpha value is -4.24. The minimum absolute atomic E-state index is 0.0227. The van der Waals surface area contributed by atoms with Gasteiger partial charge in [0.2, 0.25) is 5.91 Å². The number of benzene rings is 3. The predicted molar refractivity (Wildman–Crippen MR) is 136 cm³/mol. The molecule has 180 valence electrons. The molecule has 0 atom stereocenters. The van der Waals surface area contributed by atoms with Crippen molar-refractivity contribution < 1.29 is 23.9 Å². The van der Waals surface area contributed by atoms with Crippen LogP contribution in [-0.4, -0.2) is 37.7 Å². The molecule has 0 heterocycles. The van der Waals surface area contributed by atoms with Crippen LogP contribution in [0.25, 0.3) is 6.08 Å². The molecule has 0 saturated carbocycles. The van der Waals surface area contributed by atoms with Crippen LogP contribution in [0, 0.1) is 0 Å². The molecular weight excluding hydrogens is 466 g/mol. The largest absolute Gasteiger partial charge is 0.497 e. The van der Waals surface area contributed by atoms with Gasteiger partial charge < -0.3 is 25.8 Å². The lowest BCUT2D eigenvalue weighted by Gasteiger charge is -2.13. The molecule has 9 heteroatoms. The minimum Gasteiger partial charge on any atom is -0.497 e. The average Bonchev–Trinajstić information content (AvgIpc) is 2.88. The molecule has 0 aliphatic carbocycles. The van der Waals surface area contributed by atoms with Crippen molar-refractivity contribution in [3.05, 3.63) is 89.6 Å². The fraction of sp³-hybridized carbons (Fsp3) is 0.115. The van der Waals surface area contributed by atoms with Crippen LogP contribution in [-0.2, 0) is 9.59 Å². The fourth-order valence-corrected chi connectivity index (χ4v) is 3.66. The van der Waals surface area contributed by atoms with Gasteiger partial charge in [-0.15, -0.1) is 11.8 Å². The summed E-state index contributed by atoms with van der Waals surface area (Å²) >= 11 is 1.30. The molecule has 0 bridgehead atoms. The lowest BCUT2D eigenvalue weighted by Crippen LogP contribution is -2.30. The van der Waals surface area contributed by atoms with Gasteiger partial charge in [-0.05, 0) is 54.6 Å². The number of anilines is 1. The van der Waals surface area contributed by atoms with Crippen LogP contribution in [0.5, 0.6) is 11.5 Å². The van der Waals surface area contributed by atoms with Crippen molar-refractivity contribution in [1.29, 1.82) is 0 Å². The van der Waals surface area contributed by atoms with Crippen LogP contribution in [0.1, 0.15) is 15.9 Å². The molecule has 0 saturated heterocycles. The Labute approximate surface area is 207 Å². The number of carbonyl (C=O) groups is 3. The zero-order chi connectivity index (χ0) is 25.2. The van der Waals surface area contributed by atoms with Gasteiger partial charge in [0, 0.05) is 27.8 Å². The highest BCUT2D eigenvalue weighted by Crippen LogP contribution is 2.27. The zero-order valence-corrected chi connectivity index (χ0v) is 20.1. The lowest BCUT2D eigenvalue weighted by molar-refractivity contribution is -0.115. The van der Waals surface area contributed by atoms with E-state index in [1.165, 1.54) is 24.9 Å². The summed E-state index contributed by atoms with van der Waals surface area (Å²) in [5, 5.41) is 5.48. The van der Waals surface area contributed by atoms with Gasteiger partial charge >= 0.3 is 0 Å². The number of nitrogens with one attached hydrogen (secondary N) is 2. The third kappa shape index (κ3) is 7.38. The molecule has 0 aliphatic rings. The van der Waals surface area contributed by atoms with Gasteiger partial charge in [-0.3, -0.25) is 14.4 Å². The number of methoxy groups -OCH3 is 2. The van der Waals surface area contributed by atoms with Crippen LogP contribution in [0.2, 0.25) is 0 Å². The predicted octanol–water partition coefficient (Wildman–Crippen LogP) is 3.69. The highest BCUT2D eigenvalue weighted by atomic mass is 32.2. The Morgan fingerprint density at radius 3 is 2.29 bits per heavy atom. The minimum atomic E-state index is -0.523. The second kappa shape index (κ2) is 12.3. The van der Waals surface area contributed by atoms with E-state index in [-0.39, 0.29) is 11.4 Å². The van der Waals surface area contributed by atoms with Crippen LogP contribution in [0.4, 0.5) is 5.69 Å². The highest BCUT2D eigenvalue weighted by Gasteiger charge is 2.16. The quantitative estimate of drug-likeness (QED) is 0.294. The van der Waals surface area contributed by atoms with Crippen molar-refractivity contribution in [1.82, 2.24) is 5.32 Å². The number of carbonyl (C=O) groups excluding carboxylic acids is 3. The summed E-state index contributed by atoms with van der Waals surface area (Å²) < 4.78 is 10.7. The highest BCUT2D eigenvalue weighted by molar-refractivity contribution is 8.00. The number of hydrogen-bond donors (Lipinski definition) is 3. The zero-order valence-electron chi connectivity index (χ0n) is 19.2. The Kier molecular flexibility index (Phi) is 8.91. The summed E-state index contributed by atoms with van der Waals surface area (Å²) in [6.07, 6.45) is 1.53. The monoisotopic (exact) mass is 491 g/mol. The van der Waals surface area contributed by atoms with Crippen LogP contribution >= 0.6 is 11.8 Å². The molecule has 0 aromatic heterocycles. The fourth-order valence-electron chi connectivity index (χ4n) is 3.02. The molecule has 3 aromatic carbocycles. The number of amides is 3. The van der Waals surface area contributed by atoms with Gasteiger partial charge in [-0.25, -0.2) is 0 Å². The normalized spacial score (nSPS) is 10.9. The Morgan fingerprint density at radius 1 is 0.943 bits per heavy atom. The van der Waals surface area contributed by atoms with Crippen molar-refractivity contribution in [2.45, 2.75) is 4.90 Å². The van der Waals surface area contributed by atoms with Crippen molar-refractivity contribution in [2.75, 3.05) is 25.3 Å². The van der Waals surface area contributed by atoms with Gasteiger partial charge in [0.15, 0.2) is 0 Å². The topological polar surface area (TPSA) is 120 Å². The van der Waals surface area contributed by atoms with Crippen molar-refractivity contribution in [3.63, 3.8) is 0 Å². The maximum atomic E-state index is 13.2. The van der Waals surface area contributed by atoms with Gasteiger partial charge in [0.25, 0.3) is 11.8 Å². The second-order valence-corrected chi connectivity index (χ2v) is 8.27. The Bertz CT molecular complexity index is 1230. The van der Waals surface area contributed by atoms with Crippen molar-refractivity contribution in [2.24, 2.45) is 5.73 Å². The molecule has 35 heavy (non-hydrogen) atoms. The first-order valence-corrected chi connectivity index (χ1v) is 11.5. The molecule has 0 spiro atoms. The molecule has 3 aromatic rings. The van der Waals surface area contributed by atoms with Crippen molar-refractivity contribution in [3.8, 4) is 11.5 Å². The molecular formula is C26H25N3O5S. The molecule has 8 nitrogen and oxygen atoms in total. The van der Waals surface area contributed by atoms with Gasteiger partial charge in [-0.2, -0.15) is 0 Å².